The topological polar surface area (TPSA) is 125 Å². The van der Waals surface area contributed by atoms with Crippen LogP contribution in [0, 0.1) is 0 Å². The van der Waals surface area contributed by atoms with Gasteiger partial charge in [-0.05, 0) is 36.8 Å². The Balaban J connectivity index is 1.88. The Morgan fingerprint density at radius 3 is 2.56 bits per heavy atom. The molecule has 1 aliphatic rings. The van der Waals surface area contributed by atoms with Crippen molar-refractivity contribution in [1.82, 2.24) is 10.2 Å². The molecule has 0 fully saturated rings. The van der Waals surface area contributed by atoms with Gasteiger partial charge in [-0.2, -0.15) is 13.2 Å². The van der Waals surface area contributed by atoms with Crippen LogP contribution in [-0.2, 0) is 11.3 Å². The average molecular weight is 529 g/mol. The molecule has 2 atom stereocenters. The number of nitrogens with one attached hydrogen (secondary N) is 1. The molecule has 1 heterocycles. The summed E-state index contributed by atoms with van der Waals surface area (Å²) in [5.41, 5.74) is 6.35. The van der Waals surface area contributed by atoms with Crippen molar-refractivity contribution in [3.05, 3.63) is 58.6 Å². The number of urea groups is 1. The van der Waals surface area contributed by atoms with E-state index < -0.39 is 49.3 Å². The van der Waals surface area contributed by atoms with E-state index in [0.29, 0.717) is 11.3 Å². The lowest BCUT2D eigenvalue weighted by Crippen LogP contribution is -2.54. The lowest BCUT2D eigenvalue weighted by molar-refractivity contribution is -0.153. The van der Waals surface area contributed by atoms with Gasteiger partial charge in [-0.3, -0.25) is 9.59 Å². The molecule has 0 spiro atoms. The van der Waals surface area contributed by atoms with Crippen LogP contribution < -0.4 is 20.7 Å². The Bertz CT molecular complexity index is 1150. The minimum atomic E-state index is -4.53. The van der Waals surface area contributed by atoms with Gasteiger partial charge in [-0.25, -0.2) is 4.79 Å². The van der Waals surface area contributed by atoms with Crippen LogP contribution >= 0.6 is 11.6 Å². The predicted octanol–water partition coefficient (Wildman–Crippen LogP) is 2.69. The lowest BCUT2D eigenvalue weighted by Gasteiger charge is -2.30. The fourth-order valence-electron chi connectivity index (χ4n) is 3.68. The van der Waals surface area contributed by atoms with E-state index in [4.69, 9.17) is 17.3 Å². The quantitative estimate of drug-likeness (QED) is 0.531. The van der Waals surface area contributed by atoms with Gasteiger partial charge in [0.25, 0.3) is 5.91 Å². The second-order valence-corrected chi connectivity index (χ2v) is 8.56. The van der Waals surface area contributed by atoms with E-state index in [1.165, 1.54) is 21.9 Å². The number of aliphatic hydroxyl groups is 1. The molecule has 13 heteroatoms. The SMILES string of the molecule is C[C@@H]1CN(C(=O)c2ccc(OCC(F)(F)F)cc2Cl)c2ccccc2CN1C(=O)N[C@H](CO)C(N)=O. The fourth-order valence-corrected chi connectivity index (χ4v) is 3.93. The van der Waals surface area contributed by atoms with E-state index in [9.17, 15) is 32.7 Å². The molecule has 4 amide bonds. The Labute approximate surface area is 209 Å². The highest BCUT2D eigenvalue weighted by molar-refractivity contribution is 6.34. The molecule has 0 saturated heterocycles. The molecule has 0 aromatic heterocycles. The summed E-state index contributed by atoms with van der Waals surface area (Å²) in [4.78, 5) is 40.7. The number of benzene rings is 2. The number of hydrogen-bond donors (Lipinski definition) is 3. The number of aliphatic hydroxyl groups excluding tert-OH is 1. The van der Waals surface area contributed by atoms with Crippen LogP contribution in [-0.4, -0.2) is 65.9 Å². The number of nitrogens with two attached hydrogens (primary N) is 1. The average Bonchev–Trinajstić information content (AvgIpc) is 2.96. The monoisotopic (exact) mass is 528 g/mol. The third-order valence-electron chi connectivity index (χ3n) is 5.51. The second-order valence-electron chi connectivity index (χ2n) is 8.15. The number of para-hydroxylation sites is 1. The number of fused-ring (bicyclic) bond motifs is 1. The van der Waals surface area contributed by atoms with Gasteiger partial charge in [0.1, 0.15) is 11.8 Å². The highest BCUT2D eigenvalue weighted by atomic mass is 35.5. The van der Waals surface area contributed by atoms with Gasteiger partial charge in [-0.1, -0.05) is 29.8 Å². The molecule has 36 heavy (non-hydrogen) atoms. The van der Waals surface area contributed by atoms with E-state index in [-0.39, 0.29) is 29.4 Å². The van der Waals surface area contributed by atoms with E-state index >= 15 is 0 Å². The van der Waals surface area contributed by atoms with Gasteiger partial charge >= 0.3 is 12.2 Å². The van der Waals surface area contributed by atoms with Gasteiger partial charge < -0.3 is 30.7 Å². The van der Waals surface area contributed by atoms with Gasteiger partial charge in [0.15, 0.2) is 6.61 Å². The highest BCUT2D eigenvalue weighted by Crippen LogP contribution is 2.31. The summed E-state index contributed by atoms with van der Waals surface area (Å²) in [6.07, 6.45) is -4.53. The zero-order valence-electron chi connectivity index (χ0n) is 19.1. The third-order valence-corrected chi connectivity index (χ3v) is 5.82. The maximum Gasteiger partial charge on any atom is 0.422 e. The summed E-state index contributed by atoms with van der Waals surface area (Å²) >= 11 is 6.23. The number of ether oxygens (including phenoxy) is 1. The zero-order chi connectivity index (χ0) is 26.6. The number of carbonyl (C=O) groups is 3. The third kappa shape index (κ3) is 6.38. The predicted molar refractivity (Wildman–Crippen MR) is 125 cm³/mol. The first-order valence-corrected chi connectivity index (χ1v) is 11.1. The Kier molecular flexibility index (Phi) is 8.31. The highest BCUT2D eigenvalue weighted by Gasteiger charge is 2.33. The standard InChI is InChI=1S/C23H24ClF3N4O5/c1-13-9-31(21(34)16-7-6-15(8-17(16)24)36-12-23(25,26)27)19-5-3-2-4-14(19)10-30(13)22(35)29-18(11-32)20(28)33/h2-8,13,18,32H,9-12H2,1H3,(H2,28,33)(H,29,35)/t13-,18-/m1/s1. The summed E-state index contributed by atoms with van der Waals surface area (Å²) in [6.45, 7) is -0.363. The minimum absolute atomic E-state index is 0.0324. The molecule has 4 N–H and O–H groups in total. The number of anilines is 1. The molecule has 0 bridgehead atoms. The van der Waals surface area contributed by atoms with Gasteiger partial charge in [0.2, 0.25) is 5.91 Å². The maximum atomic E-state index is 13.5. The van der Waals surface area contributed by atoms with Gasteiger partial charge in [-0.15, -0.1) is 0 Å². The summed E-state index contributed by atoms with van der Waals surface area (Å²) in [7, 11) is 0. The smallest absolute Gasteiger partial charge is 0.422 e. The van der Waals surface area contributed by atoms with Crippen molar-refractivity contribution in [1.29, 1.82) is 0 Å². The first-order valence-electron chi connectivity index (χ1n) is 10.8. The van der Waals surface area contributed by atoms with Crippen LogP contribution in [0.25, 0.3) is 0 Å². The summed E-state index contributed by atoms with van der Waals surface area (Å²) in [5.74, 6) is -1.58. The summed E-state index contributed by atoms with van der Waals surface area (Å²) in [5, 5.41) is 11.6. The van der Waals surface area contributed by atoms with E-state index in [0.717, 1.165) is 6.07 Å². The lowest BCUT2D eigenvalue weighted by atomic mass is 10.1. The molecule has 194 valence electrons. The number of amides is 4. The van der Waals surface area contributed by atoms with Crippen LogP contribution in [0.5, 0.6) is 5.75 Å². The van der Waals surface area contributed by atoms with Crippen LogP contribution in [0.1, 0.15) is 22.8 Å². The van der Waals surface area contributed by atoms with Gasteiger partial charge in [0.05, 0.1) is 17.2 Å². The number of carbonyl (C=O) groups excluding carboxylic acids is 3. The van der Waals surface area contributed by atoms with Crippen molar-refractivity contribution in [2.45, 2.75) is 31.7 Å². The zero-order valence-corrected chi connectivity index (χ0v) is 19.8. The number of rotatable bonds is 6. The van der Waals surface area contributed by atoms with Crippen molar-refractivity contribution < 1.29 is 37.4 Å². The molecule has 0 unspecified atom stereocenters. The Morgan fingerprint density at radius 1 is 1.25 bits per heavy atom. The normalized spacial score (nSPS) is 16.6. The van der Waals surface area contributed by atoms with Crippen molar-refractivity contribution in [2.75, 3.05) is 24.7 Å². The maximum absolute atomic E-state index is 13.5. The molecule has 0 aliphatic carbocycles. The molecule has 3 rings (SSSR count). The van der Waals surface area contributed by atoms with E-state index in [1.54, 1.807) is 31.2 Å². The summed E-state index contributed by atoms with van der Waals surface area (Å²) in [6, 6.07) is 7.99. The molecule has 2 aromatic rings. The number of halogens is 4. The van der Waals surface area contributed by atoms with Crippen LogP contribution in [0.3, 0.4) is 0 Å². The second kappa shape index (κ2) is 11.0. The number of alkyl halides is 3. The van der Waals surface area contributed by atoms with Crippen LogP contribution in [0.2, 0.25) is 5.02 Å². The van der Waals surface area contributed by atoms with Crippen molar-refractivity contribution in [3.8, 4) is 5.75 Å². The largest absolute Gasteiger partial charge is 0.484 e. The first kappa shape index (κ1) is 27.1. The fraction of sp³-hybridized carbons (Fsp3) is 0.348. The molecular weight excluding hydrogens is 505 g/mol. The van der Waals surface area contributed by atoms with Crippen LogP contribution in [0.15, 0.2) is 42.5 Å². The van der Waals surface area contributed by atoms with Crippen molar-refractivity contribution in [3.63, 3.8) is 0 Å². The first-order chi connectivity index (χ1) is 16.9. The van der Waals surface area contributed by atoms with E-state index in [1.807, 2.05) is 0 Å². The van der Waals surface area contributed by atoms with Crippen molar-refractivity contribution in [2.24, 2.45) is 5.73 Å². The Morgan fingerprint density at radius 2 is 1.94 bits per heavy atom. The number of nitrogens with zero attached hydrogens (tertiary/aromatic N) is 2. The minimum Gasteiger partial charge on any atom is -0.484 e. The number of primary amides is 1. The molecule has 9 nitrogen and oxygen atoms in total. The van der Waals surface area contributed by atoms with Gasteiger partial charge in [0, 0.05) is 24.8 Å². The molecule has 2 aromatic carbocycles. The van der Waals surface area contributed by atoms with Crippen LogP contribution in [0.4, 0.5) is 23.7 Å². The van der Waals surface area contributed by atoms with E-state index in [2.05, 4.69) is 10.1 Å². The number of hydrogen-bond acceptors (Lipinski definition) is 5. The Hall–Kier alpha value is -3.51. The molecule has 1 aliphatic heterocycles. The summed E-state index contributed by atoms with van der Waals surface area (Å²) < 4.78 is 42.0. The van der Waals surface area contributed by atoms with Crippen molar-refractivity contribution >= 4 is 35.1 Å². The molecule has 0 saturated carbocycles. The molecule has 0 radical (unpaired) electrons. The molecular formula is C23H24ClF3N4O5.